The van der Waals surface area contributed by atoms with Crippen LogP contribution in [-0.2, 0) is 9.59 Å². The number of hydrogen-bond acceptors (Lipinski definition) is 4. The minimum atomic E-state index is -1.01. The van der Waals surface area contributed by atoms with Gasteiger partial charge in [0.1, 0.15) is 0 Å². The third kappa shape index (κ3) is 1.38. The van der Waals surface area contributed by atoms with Crippen LogP contribution in [0.25, 0.3) is 0 Å². The molecule has 2 aliphatic rings. The Bertz CT molecular complexity index is 586. The Morgan fingerprint density at radius 2 is 2.22 bits per heavy atom. The summed E-state index contributed by atoms with van der Waals surface area (Å²) in [5.74, 6) is -0.966. The van der Waals surface area contributed by atoms with E-state index >= 15 is 0 Å². The van der Waals surface area contributed by atoms with Gasteiger partial charge in [0.2, 0.25) is 5.91 Å². The highest BCUT2D eigenvalue weighted by molar-refractivity contribution is 9.10. The lowest BCUT2D eigenvalue weighted by Gasteiger charge is -2.16. The topological polar surface area (TPSA) is 62.1 Å². The molecule has 18 heavy (non-hydrogen) atoms. The molecular weight excluding hydrogens is 298 g/mol. The molecule has 2 atom stereocenters. The highest BCUT2D eigenvalue weighted by Crippen LogP contribution is 2.40. The fourth-order valence-corrected chi connectivity index (χ4v) is 2.76. The molecule has 2 amide bonds. The molecule has 0 bridgehead atoms. The predicted octanol–water partition coefficient (Wildman–Crippen LogP) is 2.16. The number of carbonyl (C=O) groups excluding carboxylic acids is 2. The average molecular weight is 308 g/mol. The number of nitrogens with zero attached hydrogens (tertiary/aromatic N) is 3. The van der Waals surface area contributed by atoms with Crippen molar-refractivity contribution in [3.63, 3.8) is 0 Å². The molecule has 2 heterocycles. The lowest BCUT2D eigenvalue weighted by molar-refractivity contribution is -0.122. The Kier molecular flexibility index (Phi) is 2.38. The standard InChI is InChI=1S/C12H10BrN3O2/c1-12-9(6-14-15-12)10(17)16(11(12)18)8-4-2-3-7(13)5-8/h2-5,9H,6H2,1H3/t9-,12+/m0/s1. The first kappa shape index (κ1) is 11.5. The normalized spacial score (nSPS) is 30.1. The van der Waals surface area contributed by atoms with Gasteiger partial charge in [0.25, 0.3) is 5.91 Å². The summed E-state index contributed by atoms with van der Waals surface area (Å²) >= 11 is 3.33. The summed E-state index contributed by atoms with van der Waals surface area (Å²) in [6.45, 7) is 1.97. The number of carbonyl (C=O) groups is 2. The van der Waals surface area contributed by atoms with Crippen LogP contribution in [0.4, 0.5) is 5.69 Å². The first-order valence-corrected chi connectivity index (χ1v) is 6.36. The number of halogens is 1. The first-order valence-electron chi connectivity index (χ1n) is 5.56. The molecule has 6 heteroatoms. The van der Waals surface area contributed by atoms with Crippen LogP contribution in [-0.4, -0.2) is 23.9 Å². The van der Waals surface area contributed by atoms with Gasteiger partial charge in [-0.05, 0) is 25.1 Å². The average Bonchev–Trinajstić information content (AvgIpc) is 2.79. The SMILES string of the molecule is C[C@@]12N=NC[C@H]1C(=O)N(c1cccc(Br)c1)C2=O. The molecule has 1 aromatic rings. The number of rotatable bonds is 1. The van der Waals surface area contributed by atoms with Crippen molar-refractivity contribution >= 4 is 33.4 Å². The summed E-state index contributed by atoms with van der Waals surface area (Å²) in [5, 5.41) is 7.79. The Balaban J connectivity index is 2.07. The van der Waals surface area contributed by atoms with Crippen LogP contribution in [0.15, 0.2) is 39.0 Å². The van der Waals surface area contributed by atoms with Crippen LogP contribution < -0.4 is 4.90 Å². The number of fused-ring (bicyclic) bond motifs is 1. The molecule has 0 saturated carbocycles. The molecule has 1 aromatic carbocycles. The van der Waals surface area contributed by atoms with E-state index < -0.39 is 11.5 Å². The zero-order valence-corrected chi connectivity index (χ0v) is 11.2. The van der Waals surface area contributed by atoms with Gasteiger partial charge in [-0.2, -0.15) is 10.2 Å². The smallest absolute Gasteiger partial charge is 0.264 e. The largest absolute Gasteiger partial charge is 0.274 e. The van der Waals surface area contributed by atoms with E-state index in [1.165, 1.54) is 4.90 Å². The third-order valence-electron chi connectivity index (χ3n) is 3.44. The van der Waals surface area contributed by atoms with Crippen molar-refractivity contribution in [2.24, 2.45) is 16.1 Å². The molecule has 0 aliphatic carbocycles. The van der Waals surface area contributed by atoms with E-state index in [9.17, 15) is 9.59 Å². The van der Waals surface area contributed by atoms with Gasteiger partial charge in [0.15, 0.2) is 5.54 Å². The second-order valence-corrected chi connectivity index (χ2v) is 5.50. The molecule has 1 saturated heterocycles. The highest BCUT2D eigenvalue weighted by atomic mass is 79.9. The van der Waals surface area contributed by atoms with E-state index in [0.29, 0.717) is 12.2 Å². The summed E-state index contributed by atoms with van der Waals surface area (Å²) in [6.07, 6.45) is 0. The van der Waals surface area contributed by atoms with Crippen LogP contribution in [0.3, 0.4) is 0 Å². The molecule has 3 rings (SSSR count). The number of hydrogen-bond donors (Lipinski definition) is 0. The minimum absolute atomic E-state index is 0.217. The Labute approximate surface area is 112 Å². The second kappa shape index (κ2) is 3.71. The van der Waals surface area contributed by atoms with Crippen molar-refractivity contribution in [1.29, 1.82) is 0 Å². The maximum atomic E-state index is 12.4. The zero-order valence-electron chi connectivity index (χ0n) is 9.63. The summed E-state index contributed by atoms with van der Waals surface area (Å²) < 4.78 is 0.824. The predicted molar refractivity (Wildman–Crippen MR) is 68.3 cm³/mol. The van der Waals surface area contributed by atoms with Crippen LogP contribution in [0, 0.1) is 5.92 Å². The quantitative estimate of drug-likeness (QED) is 0.746. The Hall–Kier alpha value is -1.56. The maximum Gasteiger partial charge on any atom is 0.264 e. The molecule has 92 valence electrons. The second-order valence-electron chi connectivity index (χ2n) is 4.58. The van der Waals surface area contributed by atoms with Crippen molar-refractivity contribution in [3.05, 3.63) is 28.7 Å². The van der Waals surface area contributed by atoms with Crippen molar-refractivity contribution in [2.75, 3.05) is 11.4 Å². The molecule has 2 aliphatic heterocycles. The first-order chi connectivity index (χ1) is 8.54. The van der Waals surface area contributed by atoms with Gasteiger partial charge in [0, 0.05) is 4.47 Å². The van der Waals surface area contributed by atoms with E-state index in [2.05, 4.69) is 26.2 Å². The summed E-state index contributed by atoms with van der Waals surface area (Å²) in [6, 6.07) is 7.12. The van der Waals surface area contributed by atoms with Gasteiger partial charge in [-0.15, -0.1) is 0 Å². The van der Waals surface area contributed by atoms with Crippen molar-refractivity contribution < 1.29 is 9.59 Å². The van der Waals surface area contributed by atoms with Crippen molar-refractivity contribution in [2.45, 2.75) is 12.5 Å². The summed E-state index contributed by atoms with van der Waals surface area (Å²) in [4.78, 5) is 25.9. The van der Waals surface area contributed by atoms with Crippen molar-refractivity contribution in [1.82, 2.24) is 0 Å². The van der Waals surface area contributed by atoms with E-state index in [4.69, 9.17) is 0 Å². The van der Waals surface area contributed by atoms with Gasteiger partial charge in [-0.1, -0.05) is 22.0 Å². The van der Waals surface area contributed by atoms with E-state index in [0.717, 1.165) is 4.47 Å². The van der Waals surface area contributed by atoms with E-state index in [1.807, 2.05) is 6.07 Å². The molecule has 0 spiro atoms. The highest BCUT2D eigenvalue weighted by Gasteiger charge is 2.59. The number of benzene rings is 1. The molecule has 0 aromatic heterocycles. The van der Waals surface area contributed by atoms with Gasteiger partial charge >= 0.3 is 0 Å². The minimum Gasteiger partial charge on any atom is -0.274 e. The Morgan fingerprint density at radius 1 is 1.44 bits per heavy atom. The fraction of sp³-hybridized carbons (Fsp3) is 0.333. The van der Waals surface area contributed by atoms with Crippen molar-refractivity contribution in [3.8, 4) is 0 Å². The van der Waals surface area contributed by atoms with Gasteiger partial charge < -0.3 is 0 Å². The number of amides is 2. The zero-order chi connectivity index (χ0) is 12.9. The van der Waals surface area contributed by atoms with Crippen LogP contribution in [0.5, 0.6) is 0 Å². The third-order valence-corrected chi connectivity index (χ3v) is 3.94. The molecule has 0 N–H and O–H groups in total. The maximum absolute atomic E-state index is 12.4. The van der Waals surface area contributed by atoms with Gasteiger partial charge in [-0.3, -0.25) is 9.59 Å². The number of imide groups is 1. The summed E-state index contributed by atoms with van der Waals surface area (Å²) in [7, 11) is 0. The van der Waals surface area contributed by atoms with Crippen LogP contribution in [0.1, 0.15) is 6.92 Å². The molecule has 1 fully saturated rings. The molecule has 0 unspecified atom stereocenters. The van der Waals surface area contributed by atoms with Gasteiger partial charge in [-0.25, -0.2) is 4.90 Å². The lowest BCUT2D eigenvalue weighted by Crippen LogP contribution is -2.37. The Morgan fingerprint density at radius 3 is 2.89 bits per heavy atom. The van der Waals surface area contributed by atoms with Gasteiger partial charge in [0.05, 0.1) is 18.2 Å². The molecule has 0 radical (unpaired) electrons. The monoisotopic (exact) mass is 307 g/mol. The van der Waals surface area contributed by atoms with Crippen LogP contribution in [0.2, 0.25) is 0 Å². The van der Waals surface area contributed by atoms with E-state index in [1.54, 1.807) is 25.1 Å². The number of azo groups is 1. The van der Waals surface area contributed by atoms with E-state index in [-0.39, 0.29) is 11.8 Å². The summed E-state index contributed by atoms with van der Waals surface area (Å²) in [5.41, 5.74) is -0.440. The van der Waals surface area contributed by atoms with Crippen LogP contribution >= 0.6 is 15.9 Å². The lowest BCUT2D eigenvalue weighted by atomic mass is 9.90. The molecular formula is C12H10BrN3O2. The number of anilines is 1. The molecule has 5 nitrogen and oxygen atoms in total. The fourth-order valence-electron chi connectivity index (χ4n) is 2.37.